The van der Waals surface area contributed by atoms with Crippen molar-refractivity contribution in [3.63, 3.8) is 0 Å². The van der Waals surface area contributed by atoms with E-state index < -0.39 is 5.85 Å². The summed E-state index contributed by atoms with van der Waals surface area (Å²) in [5.74, 6) is -1.22. The second-order valence-electron chi connectivity index (χ2n) is 3.53. The van der Waals surface area contributed by atoms with E-state index in [-0.39, 0.29) is 19.8 Å². The summed E-state index contributed by atoms with van der Waals surface area (Å²) in [5, 5.41) is 0. The maximum absolute atomic E-state index is 13.9. The first-order valence-electron chi connectivity index (χ1n) is 4.97. The van der Waals surface area contributed by atoms with Crippen LogP contribution in [0.1, 0.15) is 0 Å². The quantitative estimate of drug-likeness (QED) is 0.856. The zero-order valence-corrected chi connectivity index (χ0v) is 10.2. The molecule has 16 heavy (non-hydrogen) atoms. The first-order valence-corrected chi connectivity index (χ1v) is 5.76. The third kappa shape index (κ3) is 3.17. The van der Waals surface area contributed by atoms with Gasteiger partial charge in [-0.05, 0) is 24.3 Å². The predicted octanol–water partition coefficient (Wildman–Crippen LogP) is 2.54. The molecule has 3 nitrogen and oxygen atoms in total. The van der Waals surface area contributed by atoms with Crippen LogP contribution in [0.15, 0.2) is 28.7 Å². The van der Waals surface area contributed by atoms with Crippen LogP contribution in [-0.2, 0) is 9.47 Å². The van der Waals surface area contributed by atoms with Crippen molar-refractivity contribution in [1.82, 2.24) is 0 Å². The van der Waals surface area contributed by atoms with Gasteiger partial charge in [0, 0.05) is 4.47 Å². The molecule has 0 radical (unpaired) electrons. The SMILES string of the molecule is FC1(COc2ccc(Br)cc2)COCCO1. The fourth-order valence-electron chi connectivity index (χ4n) is 1.36. The molecule has 88 valence electrons. The van der Waals surface area contributed by atoms with Gasteiger partial charge in [-0.3, -0.25) is 0 Å². The predicted molar refractivity (Wildman–Crippen MR) is 60.2 cm³/mol. The van der Waals surface area contributed by atoms with Gasteiger partial charge in [0.05, 0.1) is 13.2 Å². The monoisotopic (exact) mass is 290 g/mol. The molecule has 1 aromatic carbocycles. The Kier molecular flexibility index (Phi) is 3.78. The van der Waals surface area contributed by atoms with Crippen molar-refractivity contribution in [3.8, 4) is 5.75 Å². The minimum atomic E-state index is -1.83. The molecule has 1 saturated heterocycles. The Hall–Kier alpha value is -0.650. The smallest absolute Gasteiger partial charge is 0.267 e. The summed E-state index contributed by atoms with van der Waals surface area (Å²) in [6, 6.07) is 7.19. The van der Waals surface area contributed by atoms with Crippen LogP contribution in [0.2, 0.25) is 0 Å². The minimum absolute atomic E-state index is 0.0798. The number of rotatable bonds is 3. The van der Waals surface area contributed by atoms with E-state index in [9.17, 15) is 4.39 Å². The number of halogens is 2. The Morgan fingerprint density at radius 1 is 1.31 bits per heavy atom. The van der Waals surface area contributed by atoms with Crippen molar-refractivity contribution in [1.29, 1.82) is 0 Å². The number of hydrogen-bond donors (Lipinski definition) is 0. The van der Waals surface area contributed by atoms with Crippen LogP contribution in [-0.4, -0.2) is 32.3 Å². The van der Waals surface area contributed by atoms with Crippen molar-refractivity contribution < 1.29 is 18.6 Å². The zero-order valence-electron chi connectivity index (χ0n) is 8.62. The summed E-state index contributed by atoms with van der Waals surface area (Å²) < 4.78 is 30.1. The van der Waals surface area contributed by atoms with Crippen LogP contribution in [0.4, 0.5) is 4.39 Å². The van der Waals surface area contributed by atoms with E-state index in [2.05, 4.69) is 15.9 Å². The van der Waals surface area contributed by atoms with Crippen LogP contribution in [0, 0.1) is 0 Å². The topological polar surface area (TPSA) is 27.7 Å². The second kappa shape index (κ2) is 5.12. The summed E-state index contributed by atoms with van der Waals surface area (Å²) >= 11 is 3.31. The molecule has 2 rings (SSSR count). The number of ether oxygens (including phenoxy) is 3. The largest absolute Gasteiger partial charge is 0.488 e. The van der Waals surface area contributed by atoms with Gasteiger partial charge in [-0.1, -0.05) is 15.9 Å². The first kappa shape index (κ1) is 11.8. The summed E-state index contributed by atoms with van der Waals surface area (Å²) in [4.78, 5) is 0. The van der Waals surface area contributed by atoms with Gasteiger partial charge in [-0.25, -0.2) is 4.39 Å². The average molecular weight is 291 g/mol. The van der Waals surface area contributed by atoms with E-state index >= 15 is 0 Å². The zero-order chi connectivity index (χ0) is 11.4. The van der Waals surface area contributed by atoms with E-state index in [0.29, 0.717) is 12.4 Å². The fraction of sp³-hybridized carbons (Fsp3) is 0.455. The lowest BCUT2D eigenvalue weighted by atomic mass is 10.3. The lowest BCUT2D eigenvalue weighted by Crippen LogP contribution is -2.44. The van der Waals surface area contributed by atoms with Crippen molar-refractivity contribution in [2.24, 2.45) is 0 Å². The summed E-state index contributed by atoms with van der Waals surface area (Å²) in [6.45, 7) is 0.461. The van der Waals surface area contributed by atoms with Gasteiger partial charge in [0.2, 0.25) is 0 Å². The van der Waals surface area contributed by atoms with Gasteiger partial charge in [0.1, 0.15) is 19.0 Å². The Morgan fingerprint density at radius 2 is 2.06 bits per heavy atom. The lowest BCUT2D eigenvalue weighted by molar-refractivity contribution is -0.237. The van der Waals surface area contributed by atoms with E-state index in [1.165, 1.54) is 0 Å². The Labute approximate surface area is 102 Å². The van der Waals surface area contributed by atoms with E-state index in [0.717, 1.165) is 4.47 Å². The van der Waals surface area contributed by atoms with Gasteiger partial charge in [0.15, 0.2) is 0 Å². The van der Waals surface area contributed by atoms with E-state index in [4.69, 9.17) is 14.2 Å². The van der Waals surface area contributed by atoms with Crippen LogP contribution in [0.5, 0.6) is 5.75 Å². The van der Waals surface area contributed by atoms with Crippen molar-refractivity contribution >= 4 is 15.9 Å². The van der Waals surface area contributed by atoms with Gasteiger partial charge >= 0.3 is 0 Å². The van der Waals surface area contributed by atoms with Crippen LogP contribution < -0.4 is 4.74 Å². The molecule has 5 heteroatoms. The van der Waals surface area contributed by atoms with E-state index in [1.54, 1.807) is 12.1 Å². The Morgan fingerprint density at radius 3 is 2.69 bits per heavy atom. The number of alkyl halides is 1. The molecule has 1 unspecified atom stereocenters. The fourth-order valence-corrected chi connectivity index (χ4v) is 1.62. The molecule has 1 atom stereocenters. The highest BCUT2D eigenvalue weighted by Gasteiger charge is 2.35. The lowest BCUT2D eigenvalue weighted by Gasteiger charge is -2.29. The molecule has 0 saturated carbocycles. The highest BCUT2D eigenvalue weighted by atomic mass is 79.9. The van der Waals surface area contributed by atoms with Crippen molar-refractivity contribution in [2.75, 3.05) is 26.4 Å². The Bertz CT molecular complexity index is 336. The van der Waals surface area contributed by atoms with Gasteiger partial charge in [0.25, 0.3) is 5.85 Å². The van der Waals surface area contributed by atoms with E-state index in [1.807, 2.05) is 12.1 Å². The standard InChI is InChI=1S/C11H12BrFO3/c12-9-1-3-10(4-2-9)15-8-11(13)7-14-5-6-16-11/h1-4H,5-8H2. The molecule has 1 aliphatic heterocycles. The van der Waals surface area contributed by atoms with Crippen molar-refractivity contribution in [3.05, 3.63) is 28.7 Å². The molecule has 0 aliphatic carbocycles. The molecule has 0 N–H and O–H groups in total. The molecule has 0 bridgehead atoms. The summed E-state index contributed by atoms with van der Waals surface area (Å²) in [6.07, 6.45) is 0. The molecule has 1 aliphatic rings. The second-order valence-corrected chi connectivity index (χ2v) is 4.44. The third-order valence-corrected chi connectivity index (χ3v) is 2.70. The maximum Gasteiger partial charge on any atom is 0.267 e. The molecule has 0 amide bonds. The highest BCUT2D eigenvalue weighted by Crippen LogP contribution is 2.21. The first-order chi connectivity index (χ1) is 7.68. The number of hydrogen-bond acceptors (Lipinski definition) is 3. The average Bonchev–Trinajstić information content (AvgIpc) is 2.29. The number of benzene rings is 1. The molecule has 0 aromatic heterocycles. The highest BCUT2D eigenvalue weighted by molar-refractivity contribution is 9.10. The molecule has 1 aromatic rings. The van der Waals surface area contributed by atoms with Gasteiger partial charge in [-0.2, -0.15) is 0 Å². The summed E-state index contributed by atoms with van der Waals surface area (Å²) in [5.41, 5.74) is 0. The molecule has 1 heterocycles. The maximum atomic E-state index is 13.9. The summed E-state index contributed by atoms with van der Waals surface area (Å²) in [7, 11) is 0. The van der Waals surface area contributed by atoms with Crippen LogP contribution in [0.3, 0.4) is 0 Å². The molecule has 0 spiro atoms. The molecule has 1 fully saturated rings. The van der Waals surface area contributed by atoms with Crippen LogP contribution in [0.25, 0.3) is 0 Å². The van der Waals surface area contributed by atoms with Gasteiger partial charge in [-0.15, -0.1) is 0 Å². The molecular formula is C11H12BrFO3. The van der Waals surface area contributed by atoms with Crippen LogP contribution >= 0.6 is 15.9 Å². The molecular weight excluding hydrogens is 279 g/mol. The third-order valence-electron chi connectivity index (χ3n) is 2.17. The Balaban J connectivity index is 1.88. The van der Waals surface area contributed by atoms with Crippen molar-refractivity contribution in [2.45, 2.75) is 5.85 Å². The minimum Gasteiger partial charge on any atom is -0.488 e. The van der Waals surface area contributed by atoms with Gasteiger partial charge < -0.3 is 14.2 Å². The normalized spacial score (nSPS) is 25.4.